The van der Waals surface area contributed by atoms with Gasteiger partial charge in [-0.05, 0) is 18.4 Å². The third-order valence-electron chi connectivity index (χ3n) is 2.15. The van der Waals surface area contributed by atoms with Gasteiger partial charge in [0.05, 0.1) is 5.69 Å². The van der Waals surface area contributed by atoms with Gasteiger partial charge < -0.3 is 16.4 Å². The van der Waals surface area contributed by atoms with Crippen molar-refractivity contribution in [1.82, 2.24) is 15.0 Å². The number of hydrogen-bond acceptors (Lipinski definition) is 7. The van der Waals surface area contributed by atoms with Gasteiger partial charge in [-0.1, -0.05) is 0 Å². The van der Waals surface area contributed by atoms with Crippen molar-refractivity contribution >= 4 is 34.9 Å². The molecule has 0 fully saturated rings. The summed E-state index contributed by atoms with van der Waals surface area (Å²) in [5.41, 5.74) is 12.1. The molecule has 2 aromatic heterocycles. The Hall–Kier alpha value is -1.89. The minimum absolute atomic E-state index is 0.127. The maximum absolute atomic E-state index is 5.52. The third-order valence-corrected chi connectivity index (χ3v) is 2.99. The first kappa shape index (κ1) is 10.6. The van der Waals surface area contributed by atoms with E-state index in [1.165, 1.54) is 4.88 Å². The Kier molecular flexibility index (Phi) is 2.61. The van der Waals surface area contributed by atoms with E-state index in [0.29, 0.717) is 5.95 Å². The quantitative estimate of drug-likeness (QED) is 0.813. The molecule has 0 bridgehead atoms. The summed E-state index contributed by atoms with van der Waals surface area (Å²) in [4.78, 5) is 14.8. The van der Waals surface area contributed by atoms with Crippen LogP contribution < -0.4 is 16.4 Å². The van der Waals surface area contributed by atoms with Gasteiger partial charge in [-0.3, -0.25) is 0 Å². The van der Waals surface area contributed by atoms with Gasteiger partial charge in [-0.2, -0.15) is 15.0 Å². The average molecular weight is 236 g/mol. The van der Waals surface area contributed by atoms with Crippen LogP contribution in [-0.4, -0.2) is 22.0 Å². The molecule has 0 saturated heterocycles. The van der Waals surface area contributed by atoms with Crippen LogP contribution in [0.1, 0.15) is 4.88 Å². The van der Waals surface area contributed by atoms with Crippen molar-refractivity contribution in [2.45, 2.75) is 6.92 Å². The van der Waals surface area contributed by atoms with Crippen molar-refractivity contribution in [2.24, 2.45) is 0 Å². The first-order valence-corrected chi connectivity index (χ1v) is 5.50. The SMILES string of the molecule is Cc1sccc1N(C)c1nc(N)nc(N)n1. The Morgan fingerprint density at radius 3 is 2.31 bits per heavy atom. The summed E-state index contributed by atoms with van der Waals surface area (Å²) in [5, 5.41) is 2.01. The second kappa shape index (κ2) is 3.93. The number of aryl methyl sites for hydroxylation is 1. The van der Waals surface area contributed by atoms with E-state index in [0.717, 1.165) is 5.69 Å². The molecule has 0 aliphatic carbocycles. The maximum Gasteiger partial charge on any atom is 0.236 e. The van der Waals surface area contributed by atoms with Crippen LogP contribution in [-0.2, 0) is 0 Å². The lowest BCUT2D eigenvalue weighted by molar-refractivity contribution is 1.01. The first-order chi connectivity index (χ1) is 7.58. The van der Waals surface area contributed by atoms with Gasteiger partial charge in [0.15, 0.2) is 0 Å². The largest absolute Gasteiger partial charge is 0.368 e. The number of aromatic nitrogens is 3. The first-order valence-electron chi connectivity index (χ1n) is 4.63. The van der Waals surface area contributed by atoms with E-state index in [2.05, 4.69) is 15.0 Å². The zero-order valence-corrected chi connectivity index (χ0v) is 9.82. The average Bonchev–Trinajstić information content (AvgIpc) is 2.62. The standard InChI is InChI=1S/C9H12N6S/c1-5-6(3-4-16-5)15(2)9-13-7(10)12-8(11)14-9/h3-4H,1-2H3,(H4,10,11,12,13,14). The Morgan fingerprint density at radius 1 is 1.19 bits per heavy atom. The van der Waals surface area contributed by atoms with E-state index in [9.17, 15) is 0 Å². The van der Waals surface area contributed by atoms with Gasteiger partial charge in [-0.25, -0.2) is 0 Å². The van der Waals surface area contributed by atoms with Crippen LogP contribution in [0.25, 0.3) is 0 Å². The van der Waals surface area contributed by atoms with E-state index in [1.807, 2.05) is 30.3 Å². The molecule has 0 spiro atoms. The lowest BCUT2D eigenvalue weighted by atomic mass is 10.4. The third kappa shape index (κ3) is 1.89. The van der Waals surface area contributed by atoms with Crippen LogP contribution in [0.4, 0.5) is 23.5 Å². The molecule has 2 heterocycles. The number of thiophene rings is 1. The highest BCUT2D eigenvalue weighted by Crippen LogP contribution is 2.28. The molecule has 4 N–H and O–H groups in total. The number of nitrogens with zero attached hydrogens (tertiary/aromatic N) is 4. The molecule has 6 nitrogen and oxygen atoms in total. The summed E-state index contributed by atoms with van der Waals surface area (Å²) in [6, 6.07) is 2.00. The predicted molar refractivity (Wildman–Crippen MR) is 65.8 cm³/mol. The van der Waals surface area contributed by atoms with Crippen molar-refractivity contribution in [3.8, 4) is 0 Å². The Morgan fingerprint density at radius 2 is 1.81 bits per heavy atom. The summed E-state index contributed by atoms with van der Waals surface area (Å²) >= 11 is 1.66. The Bertz CT molecular complexity index is 488. The zero-order chi connectivity index (χ0) is 11.7. The van der Waals surface area contributed by atoms with Gasteiger partial charge in [0.25, 0.3) is 0 Å². The molecule has 2 rings (SSSR count). The van der Waals surface area contributed by atoms with Crippen LogP contribution in [0.5, 0.6) is 0 Å². The summed E-state index contributed by atoms with van der Waals surface area (Å²) in [6.45, 7) is 2.03. The van der Waals surface area contributed by atoms with Crippen LogP contribution in [0, 0.1) is 6.92 Å². The van der Waals surface area contributed by atoms with Crippen molar-refractivity contribution < 1.29 is 0 Å². The summed E-state index contributed by atoms with van der Waals surface area (Å²) in [5.74, 6) is 0.705. The highest BCUT2D eigenvalue weighted by molar-refractivity contribution is 7.10. The van der Waals surface area contributed by atoms with Crippen molar-refractivity contribution in [3.63, 3.8) is 0 Å². The zero-order valence-electron chi connectivity index (χ0n) is 9.01. The minimum atomic E-state index is 0.127. The molecule has 0 radical (unpaired) electrons. The highest BCUT2D eigenvalue weighted by Gasteiger charge is 2.12. The van der Waals surface area contributed by atoms with Crippen molar-refractivity contribution in [3.05, 3.63) is 16.3 Å². The van der Waals surface area contributed by atoms with Gasteiger partial charge in [-0.15, -0.1) is 11.3 Å². The smallest absolute Gasteiger partial charge is 0.236 e. The normalized spacial score (nSPS) is 10.4. The number of rotatable bonds is 2. The second-order valence-electron chi connectivity index (χ2n) is 3.27. The predicted octanol–water partition coefficient (Wildman–Crippen LogP) is 1.17. The summed E-state index contributed by atoms with van der Waals surface area (Å²) in [6.07, 6.45) is 0. The molecule has 7 heteroatoms. The topological polar surface area (TPSA) is 94.0 Å². The lowest BCUT2D eigenvalue weighted by Crippen LogP contribution is -2.16. The van der Waals surface area contributed by atoms with E-state index in [-0.39, 0.29) is 11.9 Å². The van der Waals surface area contributed by atoms with Crippen LogP contribution in [0.2, 0.25) is 0 Å². The fourth-order valence-corrected chi connectivity index (χ4v) is 2.11. The maximum atomic E-state index is 5.52. The van der Waals surface area contributed by atoms with Crippen LogP contribution >= 0.6 is 11.3 Å². The summed E-state index contributed by atoms with van der Waals surface area (Å²) in [7, 11) is 1.86. The molecule has 0 unspecified atom stereocenters. The van der Waals surface area contributed by atoms with Gasteiger partial charge in [0.1, 0.15) is 0 Å². The van der Waals surface area contributed by atoms with Gasteiger partial charge in [0.2, 0.25) is 17.8 Å². The molecular formula is C9H12N6S. The van der Waals surface area contributed by atoms with E-state index in [1.54, 1.807) is 11.3 Å². The van der Waals surface area contributed by atoms with Gasteiger partial charge >= 0.3 is 0 Å². The number of anilines is 4. The molecule has 2 aromatic rings. The Balaban J connectivity index is 2.41. The fourth-order valence-electron chi connectivity index (χ4n) is 1.38. The number of nitrogens with two attached hydrogens (primary N) is 2. The van der Waals surface area contributed by atoms with Crippen LogP contribution in [0.15, 0.2) is 11.4 Å². The Labute approximate surface area is 97.0 Å². The van der Waals surface area contributed by atoms with E-state index < -0.39 is 0 Å². The van der Waals surface area contributed by atoms with Crippen molar-refractivity contribution in [1.29, 1.82) is 0 Å². The molecule has 0 saturated carbocycles. The number of hydrogen-bond donors (Lipinski definition) is 2. The highest BCUT2D eigenvalue weighted by atomic mass is 32.1. The molecule has 0 aromatic carbocycles. The molecular weight excluding hydrogens is 224 g/mol. The lowest BCUT2D eigenvalue weighted by Gasteiger charge is -2.16. The molecule has 0 atom stereocenters. The van der Waals surface area contributed by atoms with Crippen molar-refractivity contribution in [2.75, 3.05) is 23.4 Å². The molecule has 0 amide bonds. The monoisotopic (exact) mass is 236 g/mol. The minimum Gasteiger partial charge on any atom is -0.368 e. The molecule has 84 valence electrons. The van der Waals surface area contributed by atoms with E-state index >= 15 is 0 Å². The van der Waals surface area contributed by atoms with Gasteiger partial charge in [0, 0.05) is 11.9 Å². The molecule has 0 aliphatic rings. The number of nitrogen functional groups attached to an aromatic ring is 2. The molecule has 16 heavy (non-hydrogen) atoms. The molecule has 0 aliphatic heterocycles. The summed E-state index contributed by atoms with van der Waals surface area (Å²) < 4.78 is 0. The fraction of sp³-hybridized carbons (Fsp3) is 0.222. The second-order valence-corrected chi connectivity index (χ2v) is 4.39. The van der Waals surface area contributed by atoms with Crippen LogP contribution in [0.3, 0.4) is 0 Å². The van der Waals surface area contributed by atoms with E-state index in [4.69, 9.17) is 11.5 Å².